The van der Waals surface area contributed by atoms with Gasteiger partial charge in [-0.25, -0.2) is 19.0 Å². The number of amides is 3. The fraction of sp³-hybridized carbons (Fsp3) is 0.200. The number of urea groups is 1. The van der Waals surface area contributed by atoms with Gasteiger partial charge in [-0.15, -0.1) is 0 Å². The maximum atomic E-state index is 14.5. The highest BCUT2D eigenvalue weighted by Crippen LogP contribution is 2.33. The molecule has 0 radical (unpaired) electrons. The fourth-order valence-corrected chi connectivity index (χ4v) is 3.00. The van der Waals surface area contributed by atoms with Gasteiger partial charge < -0.3 is 15.7 Å². The molecule has 3 rings (SSSR count). The number of nitrogens with one attached hydrogen (secondary N) is 3. The van der Waals surface area contributed by atoms with Crippen LogP contribution in [-0.4, -0.2) is 33.7 Å². The average molecular weight is 397 g/mol. The first kappa shape index (κ1) is 20.0. The molecular weight excluding hydrogens is 377 g/mol. The van der Waals surface area contributed by atoms with Gasteiger partial charge in [0.15, 0.2) is 0 Å². The van der Waals surface area contributed by atoms with E-state index in [9.17, 15) is 14.0 Å². The molecule has 2 heterocycles. The third-order valence-corrected chi connectivity index (χ3v) is 4.28. The van der Waals surface area contributed by atoms with Crippen LogP contribution in [0, 0.1) is 12.7 Å². The van der Waals surface area contributed by atoms with Crippen molar-refractivity contribution in [1.29, 1.82) is 0 Å². The van der Waals surface area contributed by atoms with Crippen LogP contribution >= 0.6 is 0 Å². The molecule has 0 saturated heterocycles. The van der Waals surface area contributed by atoms with Gasteiger partial charge in [-0.1, -0.05) is 12.1 Å². The van der Waals surface area contributed by atoms with Crippen molar-refractivity contribution in [1.82, 2.24) is 20.6 Å². The Hall–Kier alpha value is -3.75. The molecule has 8 nitrogen and oxygen atoms in total. The van der Waals surface area contributed by atoms with Crippen LogP contribution in [0.2, 0.25) is 0 Å². The van der Waals surface area contributed by atoms with Crippen LogP contribution in [0.4, 0.5) is 19.8 Å². The molecule has 0 saturated carbocycles. The van der Waals surface area contributed by atoms with E-state index >= 15 is 0 Å². The van der Waals surface area contributed by atoms with E-state index in [0.29, 0.717) is 45.5 Å². The molecule has 2 aromatic heterocycles. The number of nitrogens with zero attached hydrogens (tertiary/aromatic N) is 2. The van der Waals surface area contributed by atoms with Gasteiger partial charge in [0.25, 0.3) is 0 Å². The molecule has 3 amide bonds. The summed E-state index contributed by atoms with van der Waals surface area (Å²) in [7, 11) is 0. The minimum absolute atomic E-state index is 0.0642. The summed E-state index contributed by atoms with van der Waals surface area (Å²) in [5, 5.41) is 17.7. The van der Waals surface area contributed by atoms with E-state index in [1.54, 1.807) is 38.1 Å². The number of carbonyl (C=O) groups excluding carboxylic acids is 1. The zero-order valence-electron chi connectivity index (χ0n) is 15.9. The average Bonchev–Trinajstić information content (AvgIpc) is 2.68. The highest BCUT2D eigenvalue weighted by atomic mass is 19.1. The normalized spacial score (nSPS) is 10.6. The number of rotatable bonds is 5. The monoisotopic (exact) mass is 397 g/mol. The van der Waals surface area contributed by atoms with E-state index in [1.165, 1.54) is 6.20 Å². The number of fused-ring (bicyclic) bond motifs is 1. The number of pyridine rings is 2. The second-order valence-corrected chi connectivity index (χ2v) is 6.34. The standard InChI is InChI=1S/C20H20FN5O3/c1-3-22-19(27)26-18-7-14-13(15-6-11(2)23-10-17(15)21)5-4-12(8-25-20(28)29)16(14)9-24-18/h4-7,9-10,25H,3,8H2,1-2H3,(H,28,29)(H2,22,24,26,27). The minimum Gasteiger partial charge on any atom is -0.465 e. The zero-order valence-corrected chi connectivity index (χ0v) is 15.9. The predicted molar refractivity (Wildman–Crippen MR) is 107 cm³/mol. The van der Waals surface area contributed by atoms with Crippen molar-refractivity contribution < 1.29 is 19.1 Å². The number of benzene rings is 1. The number of carbonyl (C=O) groups is 2. The van der Waals surface area contributed by atoms with E-state index in [4.69, 9.17) is 5.11 Å². The Bertz CT molecular complexity index is 1090. The molecule has 0 aliphatic carbocycles. The summed E-state index contributed by atoms with van der Waals surface area (Å²) in [6, 6.07) is 6.31. The van der Waals surface area contributed by atoms with Crippen molar-refractivity contribution in [3.8, 4) is 11.1 Å². The summed E-state index contributed by atoms with van der Waals surface area (Å²) < 4.78 is 14.5. The maximum absolute atomic E-state index is 14.5. The first-order chi connectivity index (χ1) is 13.9. The fourth-order valence-electron chi connectivity index (χ4n) is 3.00. The van der Waals surface area contributed by atoms with Crippen molar-refractivity contribution in [2.45, 2.75) is 20.4 Å². The van der Waals surface area contributed by atoms with Crippen LogP contribution in [0.3, 0.4) is 0 Å². The molecule has 150 valence electrons. The third kappa shape index (κ3) is 4.57. The molecule has 0 spiro atoms. The number of anilines is 1. The Labute approximate surface area is 166 Å². The quantitative estimate of drug-likeness (QED) is 0.524. The smallest absolute Gasteiger partial charge is 0.404 e. The van der Waals surface area contributed by atoms with Crippen LogP contribution in [0.1, 0.15) is 18.2 Å². The van der Waals surface area contributed by atoms with Gasteiger partial charge in [0.05, 0.1) is 6.20 Å². The molecule has 0 aliphatic rings. The SMILES string of the molecule is CCNC(=O)Nc1cc2c(-c3cc(C)ncc3F)ccc(CNC(=O)O)c2cn1. The molecule has 1 aromatic carbocycles. The van der Waals surface area contributed by atoms with Crippen LogP contribution in [-0.2, 0) is 6.54 Å². The predicted octanol–water partition coefficient (Wildman–Crippen LogP) is 3.65. The van der Waals surface area contributed by atoms with Crippen LogP contribution in [0.5, 0.6) is 0 Å². The van der Waals surface area contributed by atoms with E-state index in [2.05, 4.69) is 25.9 Å². The summed E-state index contributed by atoms with van der Waals surface area (Å²) in [6.45, 7) is 4.08. The van der Waals surface area contributed by atoms with Gasteiger partial charge in [0.2, 0.25) is 0 Å². The second kappa shape index (κ2) is 8.51. The van der Waals surface area contributed by atoms with Crippen LogP contribution in [0.25, 0.3) is 21.9 Å². The summed E-state index contributed by atoms with van der Waals surface area (Å²) in [5.41, 5.74) is 2.27. The van der Waals surface area contributed by atoms with Gasteiger partial charge in [-0.05, 0) is 42.5 Å². The van der Waals surface area contributed by atoms with Crippen molar-refractivity contribution in [2.24, 2.45) is 0 Å². The lowest BCUT2D eigenvalue weighted by Gasteiger charge is -2.14. The lowest BCUT2D eigenvalue weighted by molar-refractivity contribution is 0.194. The number of hydrogen-bond donors (Lipinski definition) is 4. The first-order valence-electron chi connectivity index (χ1n) is 8.94. The molecule has 0 atom stereocenters. The highest BCUT2D eigenvalue weighted by Gasteiger charge is 2.14. The molecule has 0 aliphatic heterocycles. The maximum Gasteiger partial charge on any atom is 0.404 e. The highest BCUT2D eigenvalue weighted by molar-refractivity contribution is 6.01. The van der Waals surface area contributed by atoms with Gasteiger partial charge in [0.1, 0.15) is 11.6 Å². The molecule has 4 N–H and O–H groups in total. The second-order valence-electron chi connectivity index (χ2n) is 6.34. The van der Waals surface area contributed by atoms with Gasteiger partial charge in [-0.3, -0.25) is 10.3 Å². The number of aryl methyl sites for hydroxylation is 1. The van der Waals surface area contributed by atoms with E-state index in [1.807, 2.05) is 0 Å². The van der Waals surface area contributed by atoms with Crippen LogP contribution < -0.4 is 16.0 Å². The summed E-state index contributed by atoms with van der Waals surface area (Å²) in [6.07, 6.45) is 1.54. The third-order valence-electron chi connectivity index (χ3n) is 4.28. The summed E-state index contributed by atoms with van der Waals surface area (Å²) in [4.78, 5) is 30.9. The molecule has 0 fully saturated rings. The van der Waals surface area contributed by atoms with E-state index < -0.39 is 17.9 Å². The number of aromatic nitrogens is 2. The van der Waals surface area contributed by atoms with Gasteiger partial charge in [-0.2, -0.15) is 0 Å². The number of hydrogen-bond acceptors (Lipinski definition) is 4. The number of carboxylic acid groups (broad SMARTS) is 1. The first-order valence-corrected chi connectivity index (χ1v) is 8.94. The Morgan fingerprint density at radius 1 is 1.07 bits per heavy atom. The molecular formula is C20H20FN5O3. The topological polar surface area (TPSA) is 116 Å². The number of halogens is 1. The van der Waals surface area contributed by atoms with Gasteiger partial charge >= 0.3 is 12.1 Å². The van der Waals surface area contributed by atoms with Crippen LogP contribution in [0.15, 0.2) is 36.7 Å². The minimum atomic E-state index is -1.15. The van der Waals surface area contributed by atoms with Gasteiger partial charge in [0, 0.05) is 35.9 Å². The Morgan fingerprint density at radius 2 is 1.86 bits per heavy atom. The molecule has 9 heteroatoms. The lowest BCUT2D eigenvalue weighted by Crippen LogP contribution is -2.28. The molecule has 3 aromatic rings. The van der Waals surface area contributed by atoms with E-state index in [-0.39, 0.29) is 6.54 Å². The Kier molecular flexibility index (Phi) is 5.87. The van der Waals surface area contributed by atoms with Crippen molar-refractivity contribution in [2.75, 3.05) is 11.9 Å². The lowest BCUT2D eigenvalue weighted by atomic mass is 9.96. The largest absolute Gasteiger partial charge is 0.465 e. The summed E-state index contributed by atoms with van der Waals surface area (Å²) in [5.74, 6) is -0.192. The molecule has 0 bridgehead atoms. The molecule has 29 heavy (non-hydrogen) atoms. The summed E-state index contributed by atoms with van der Waals surface area (Å²) >= 11 is 0. The van der Waals surface area contributed by atoms with Crippen molar-refractivity contribution >= 4 is 28.7 Å². The van der Waals surface area contributed by atoms with Crippen molar-refractivity contribution in [3.05, 3.63) is 53.7 Å². The Morgan fingerprint density at radius 3 is 2.59 bits per heavy atom. The van der Waals surface area contributed by atoms with E-state index in [0.717, 1.165) is 6.20 Å². The van der Waals surface area contributed by atoms with Crippen molar-refractivity contribution in [3.63, 3.8) is 0 Å². The Balaban J connectivity index is 2.16. The zero-order chi connectivity index (χ0) is 21.0. The molecule has 0 unspecified atom stereocenters.